The maximum absolute atomic E-state index is 11.4. The summed E-state index contributed by atoms with van der Waals surface area (Å²) in [5.74, 6) is -0.0734. The lowest BCUT2D eigenvalue weighted by atomic mass is 10.3. The number of pyridine rings is 1. The molecule has 7 nitrogen and oxygen atoms in total. The van der Waals surface area contributed by atoms with Crippen LogP contribution in [0.2, 0.25) is 0 Å². The predicted octanol–water partition coefficient (Wildman–Crippen LogP) is 2.53. The molecule has 1 rings (SSSR count). The summed E-state index contributed by atoms with van der Waals surface area (Å²) < 4.78 is 5.38. The van der Waals surface area contributed by atoms with Crippen molar-refractivity contribution in [2.75, 3.05) is 24.6 Å². The van der Waals surface area contributed by atoms with Crippen LogP contribution in [0.3, 0.4) is 0 Å². The third-order valence-electron chi connectivity index (χ3n) is 2.58. The maximum atomic E-state index is 11.4. The molecular weight excluding hydrogens is 330 g/mol. The molecule has 8 heteroatoms. The molecular formula is C12H16BrN3O4. The zero-order valence-electron chi connectivity index (χ0n) is 11.3. The summed E-state index contributed by atoms with van der Waals surface area (Å²) in [7, 11) is 0. The van der Waals surface area contributed by atoms with Gasteiger partial charge >= 0.3 is 11.7 Å². The maximum Gasteiger partial charge on any atom is 0.312 e. The van der Waals surface area contributed by atoms with Crippen molar-refractivity contribution in [2.24, 2.45) is 0 Å². The van der Waals surface area contributed by atoms with Gasteiger partial charge in [-0.3, -0.25) is 14.9 Å². The van der Waals surface area contributed by atoms with Gasteiger partial charge in [-0.1, -0.05) is 0 Å². The van der Waals surface area contributed by atoms with Crippen LogP contribution in [0.25, 0.3) is 0 Å². The van der Waals surface area contributed by atoms with Gasteiger partial charge in [0.25, 0.3) is 0 Å². The number of nitrogens with zero attached hydrogens (tertiary/aromatic N) is 3. The summed E-state index contributed by atoms with van der Waals surface area (Å²) in [6, 6.07) is 1.40. The number of nitro groups is 1. The summed E-state index contributed by atoms with van der Waals surface area (Å²) >= 11 is 3.16. The Kier molecular flexibility index (Phi) is 6.37. The summed E-state index contributed by atoms with van der Waals surface area (Å²) in [5.41, 5.74) is -0.0925. The standard InChI is InChI=1S/C12H16BrN3O4/c1-3-15(6-5-11(17)20-4-2)12-10(16(18)19)7-9(13)8-14-12/h7-8H,3-6H2,1-2H3. The Bertz CT molecular complexity index is 496. The van der Waals surface area contributed by atoms with Gasteiger partial charge in [0.2, 0.25) is 5.82 Å². The van der Waals surface area contributed by atoms with Gasteiger partial charge in [-0.05, 0) is 29.8 Å². The van der Waals surface area contributed by atoms with E-state index in [9.17, 15) is 14.9 Å². The molecule has 0 radical (unpaired) electrons. The first-order chi connectivity index (χ1) is 9.49. The second-order valence-electron chi connectivity index (χ2n) is 3.89. The molecule has 1 aromatic rings. The summed E-state index contributed by atoms with van der Waals surface area (Å²) in [6.07, 6.45) is 1.66. The summed E-state index contributed by atoms with van der Waals surface area (Å²) in [6.45, 7) is 4.73. The molecule has 1 aromatic heterocycles. The van der Waals surface area contributed by atoms with E-state index in [0.717, 1.165) is 0 Å². The Morgan fingerprint density at radius 1 is 1.55 bits per heavy atom. The number of hydrogen-bond donors (Lipinski definition) is 0. The van der Waals surface area contributed by atoms with Gasteiger partial charge in [-0.2, -0.15) is 0 Å². The zero-order chi connectivity index (χ0) is 15.1. The first-order valence-electron chi connectivity index (χ1n) is 6.20. The Balaban J connectivity index is 2.89. The average molecular weight is 346 g/mol. The number of halogens is 1. The molecule has 0 atom stereocenters. The van der Waals surface area contributed by atoms with Gasteiger partial charge in [-0.25, -0.2) is 4.98 Å². The van der Waals surface area contributed by atoms with E-state index < -0.39 is 4.92 Å². The van der Waals surface area contributed by atoms with Crippen molar-refractivity contribution >= 4 is 33.4 Å². The van der Waals surface area contributed by atoms with Crippen molar-refractivity contribution in [3.05, 3.63) is 26.9 Å². The molecule has 110 valence electrons. The Morgan fingerprint density at radius 2 is 2.25 bits per heavy atom. The number of anilines is 1. The minimum Gasteiger partial charge on any atom is -0.466 e. The Labute approximate surface area is 125 Å². The molecule has 0 bridgehead atoms. The van der Waals surface area contributed by atoms with Crippen LogP contribution in [0.4, 0.5) is 11.5 Å². The van der Waals surface area contributed by atoms with Gasteiger partial charge in [0.1, 0.15) is 0 Å². The number of carbonyl (C=O) groups is 1. The van der Waals surface area contributed by atoms with Crippen LogP contribution < -0.4 is 4.90 Å². The SMILES string of the molecule is CCOC(=O)CCN(CC)c1ncc(Br)cc1[N+](=O)[O-]. The highest BCUT2D eigenvalue weighted by Crippen LogP contribution is 2.28. The smallest absolute Gasteiger partial charge is 0.312 e. The van der Waals surface area contributed by atoms with Crippen molar-refractivity contribution in [3.63, 3.8) is 0 Å². The zero-order valence-corrected chi connectivity index (χ0v) is 12.9. The number of rotatable bonds is 7. The number of hydrogen-bond acceptors (Lipinski definition) is 6. The monoisotopic (exact) mass is 345 g/mol. The van der Waals surface area contributed by atoms with Crippen LogP contribution >= 0.6 is 15.9 Å². The molecule has 0 aliphatic rings. The van der Waals surface area contributed by atoms with Crippen LogP contribution in [0.15, 0.2) is 16.7 Å². The Hall–Kier alpha value is -1.70. The van der Waals surface area contributed by atoms with Crippen LogP contribution in [0, 0.1) is 10.1 Å². The number of carbonyl (C=O) groups excluding carboxylic acids is 1. The van der Waals surface area contributed by atoms with Crippen LogP contribution in [0.5, 0.6) is 0 Å². The third-order valence-corrected chi connectivity index (χ3v) is 3.02. The molecule has 0 aliphatic heterocycles. The highest BCUT2D eigenvalue weighted by Gasteiger charge is 2.21. The predicted molar refractivity (Wildman–Crippen MR) is 77.7 cm³/mol. The van der Waals surface area contributed by atoms with Gasteiger partial charge in [0.05, 0.1) is 18.0 Å². The molecule has 20 heavy (non-hydrogen) atoms. The van der Waals surface area contributed by atoms with Gasteiger partial charge < -0.3 is 9.64 Å². The fourth-order valence-corrected chi connectivity index (χ4v) is 1.99. The molecule has 0 saturated carbocycles. The third kappa shape index (κ3) is 4.44. The van der Waals surface area contributed by atoms with Crippen molar-refractivity contribution in [2.45, 2.75) is 20.3 Å². The average Bonchev–Trinajstić information content (AvgIpc) is 2.40. The molecule has 0 fully saturated rings. The van der Waals surface area contributed by atoms with E-state index in [0.29, 0.717) is 24.2 Å². The van der Waals surface area contributed by atoms with E-state index in [1.165, 1.54) is 12.3 Å². The molecule has 0 aliphatic carbocycles. The number of aromatic nitrogens is 1. The molecule has 0 amide bonds. The fraction of sp³-hybridized carbons (Fsp3) is 0.500. The first-order valence-corrected chi connectivity index (χ1v) is 6.99. The summed E-state index contributed by atoms with van der Waals surface area (Å²) in [5, 5.41) is 11.1. The van der Waals surface area contributed by atoms with Crippen molar-refractivity contribution in [1.82, 2.24) is 4.98 Å². The molecule has 0 saturated heterocycles. The van der Waals surface area contributed by atoms with E-state index in [1.807, 2.05) is 6.92 Å². The second kappa shape index (κ2) is 7.78. The van der Waals surface area contributed by atoms with Gasteiger partial charge in [0.15, 0.2) is 0 Å². The highest BCUT2D eigenvalue weighted by molar-refractivity contribution is 9.10. The van der Waals surface area contributed by atoms with E-state index in [-0.39, 0.29) is 23.9 Å². The van der Waals surface area contributed by atoms with Crippen LogP contribution in [-0.2, 0) is 9.53 Å². The minimum atomic E-state index is -0.486. The molecule has 0 N–H and O–H groups in total. The van der Waals surface area contributed by atoms with E-state index in [2.05, 4.69) is 20.9 Å². The normalized spacial score (nSPS) is 10.2. The number of ether oxygens (including phenoxy) is 1. The first kappa shape index (κ1) is 16.4. The van der Waals surface area contributed by atoms with Gasteiger partial charge in [0, 0.05) is 29.8 Å². The van der Waals surface area contributed by atoms with E-state index in [4.69, 9.17) is 4.74 Å². The number of esters is 1. The summed E-state index contributed by atoms with van der Waals surface area (Å²) in [4.78, 5) is 27.7. The molecule has 0 unspecified atom stereocenters. The quantitative estimate of drug-likeness (QED) is 0.428. The molecule has 0 spiro atoms. The molecule has 0 aromatic carbocycles. The Morgan fingerprint density at radius 3 is 2.80 bits per heavy atom. The van der Waals surface area contributed by atoms with Crippen LogP contribution in [0.1, 0.15) is 20.3 Å². The van der Waals surface area contributed by atoms with E-state index in [1.54, 1.807) is 11.8 Å². The van der Waals surface area contributed by atoms with E-state index >= 15 is 0 Å². The minimum absolute atomic E-state index is 0.0925. The fourth-order valence-electron chi connectivity index (χ4n) is 1.67. The largest absolute Gasteiger partial charge is 0.466 e. The van der Waals surface area contributed by atoms with Crippen molar-refractivity contribution in [3.8, 4) is 0 Å². The lowest BCUT2D eigenvalue weighted by Gasteiger charge is -2.21. The second-order valence-corrected chi connectivity index (χ2v) is 4.80. The lowest BCUT2D eigenvalue weighted by Crippen LogP contribution is -2.28. The van der Waals surface area contributed by atoms with Crippen LogP contribution in [-0.4, -0.2) is 35.6 Å². The van der Waals surface area contributed by atoms with Gasteiger partial charge in [-0.15, -0.1) is 0 Å². The lowest BCUT2D eigenvalue weighted by molar-refractivity contribution is -0.384. The highest BCUT2D eigenvalue weighted by atomic mass is 79.9. The van der Waals surface area contributed by atoms with Crippen molar-refractivity contribution in [1.29, 1.82) is 0 Å². The topological polar surface area (TPSA) is 85.6 Å². The van der Waals surface area contributed by atoms with Crippen molar-refractivity contribution < 1.29 is 14.5 Å². The molecule has 1 heterocycles.